The van der Waals surface area contributed by atoms with Gasteiger partial charge in [-0.15, -0.1) is 0 Å². The standard InChI is InChI=1S/C29H41FN6O/c1-4-5-20(2)32-29-31-17-25-26(19-36(28(25)33-29)23-8-10-24(37)11-9-23)21-6-7-22(27(30)16-21)18-35-14-12-34(3)13-15-35/h6-7,16-17,19-20,23-24,37H,4-5,8-15,18H2,1-3H3,(H,31,32,33)/t20-,23?,24?/m0/s1. The summed E-state index contributed by atoms with van der Waals surface area (Å²) < 4.78 is 17.6. The molecule has 2 aliphatic rings. The minimum Gasteiger partial charge on any atom is -0.393 e. The van der Waals surface area contributed by atoms with Gasteiger partial charge in [0.1, 0.15) is 11.5 Å². The van der Waals surface area contributed by atoms with E-state index in [9.17, 15) is 5.11 Å². The first-order chi connectivity index (χ1) is 17.9. The Labute approximate surface area is 219 Å². The number of nitrogens with zero attached hydrogens (tertiary/aromatic N) is 5. The molecule has 1 atom stereocenters. The van der Waals surface area contributed by atoms with Gasteiger partial charge in [0.05, 0.1) is 6.10 Å². The van der Waals surface area contributed by atoms with Gasteiger partial charge in [0.15, 0.2) is 0 Å². The second-order valence-corrected chi connectivity index (χ2v) is 11.1. The van der Waals surface area contributed by atoms with Crippen molar-refractivity contribution in [3.05, 3.63) is 42.0 Å². The van der Waals surface area contributed by atoms with E-state index >= 15 is 4.39 Å². The molecule has 1 saturated heterocycles. The van der Waals surface area contributed by atoms with Gasteiger partial charge in [0.25, 0.3) is 0 Å². The van der Waals surface area contributed by atoms with Crippen molar-refractivity contribution in [3.63, 3.8) is 0 Å². The first-order valence-corrected chi connectivity index (χ1v) is 13.9. The molecule has 3 aromatic rings. The molecule has 0 bridgehead atoms. The number of anilines is 1. The molecule has 5 rings (SSSR count). The Morgan fingerprint density at radius 1 is 1.14 bits per heavy atom. The third kappa shape index (κ3) is 5.97. The largest absolute Gasteiger partial charge is 0.393 e. The Morgan fingerprint density at radius 3 is 2.59 bits per heavy atom. The van der Waals surface area contributed by atoms with E-state index in [2.05, 4.69) is 51.8 Å². The highest BCUT2D eigenvalue weighted by molar-refractivity contribution is 5.94. The number of aliphatic hydroxyl groups is 1. The van der Waals surface area contributed by atoms with Crippen LogP contribution in [0.3, 0.4) is 0 Å². The zero-order chi connectivity index (χ0) is 25.9. The summed E-state index contributed by atoms with van der Waals surface area (Å²) in [4.78, 5) is 14.2. The van der Waals surface area contributed by atoms with Crippen LogP contribution in [0.2, 0.25) is 0 Å². The lowest BCUT2D eigenvalue weighted by Crippen LogP contribution is -2.44. The molecule has 2 aromatic heterocycles. The van der Waals surface area contributed by atoms with Crippen molar-refractivity contribution in [2.24, 2.45) is 0 Å². The summed E-state index contributed by atoms with van der Waals surface area (Å²) in [7, 11) is 2.13. The smallest absolute Gasteiger partial charge is 0.224 e. The van der Waals surface area contributed by atoms with E-state index in [1.165, 1.54) is 0 Å². The highest BCUT2D eigenvalue weighted by Crippen LogP contribution is 2.37. The molecule has 2 N–H and O–H groups in total. The van der Waals surface area contributed by atoms with Crippen molar-refractivity contribution in [1.82, 2.24) is 24.3 Å². The van der Waals surface area contributed by atoms with Crippen LogP contribution < -0.4 is 5.32 Å². The van der Waals surface area contributed by atoms with E-state index < -0.39 is 0 Å². The Morgan fingerprint density at radius 2 is 1.89 bits per heavy atom. The Balaban J connectivity index is 1.46. The Hall–Kier alpha value is -2.55. The second kappa shape index (κ2) is 11.5. The highest BCUT2D eigenvalue weighted by atomic mass is 19.1. The van der Waals surface area contributed by atoms with E-state index in [4.69, 9.17) is 4.98 Å². The number of hydrogen-bond donors (Lipinski definition) is 2. The van der Waals surface area contributed by atoms with Crippen molar-refractivity contribution in [2.75, 3.05) is 38.5 Å². The molecular weight excluding hydrogens is 467 g/mol. The molecule has 7 nitrogen and oxygen atoms in total. The molecule has 2 fully saturated rings. The zero-order valence-electron chi connectivity index (χ0n) is 22.5. The molecule has 3 heterocycles. The normalized spacial score (nSPS) is 22.4. The van der Waals surface area contributed by atoms with Gasteiger partial charge >= 0.3 is 0 Å². The molecule has 0 amide bonds. The number of hydrogen-bond acceptors (Lipinski definition) is 6. The summed E-state index contributed by atoms with van der Waals surface area (Å²) in [5, 5.41) is 14.4. The van der Waals surface area contributed by atoms with Crippen LogP contribution in [0, 0.1) is 5.82 Å². The summed E-state index contributed by atoms with van der Waals surface area (Å²) >= 11 is 0. The first kappa shape index (κ1) is 26.1. The van der Waals surface area contributed by atoms with Crippen LogP contribution in [0.25, 0.3) is 22.2 Å². The maximum absolute atomic E-state index is 15.3. The number of likely N-dealkylation sites (N-methyl/N-ethyl adjacent to an activating group) is 1. The van der Waals surface area contributed by atoms with Gasteiger partial charge in [0, 0.05) is 73.7 Å². The fraction of sp³-hybridized carbons (Fsp3) is 0.586. The minimum absolute atomic E-state index is 0.161. The van der Waals surface area contributed by atoms with Crippen LogP contribution in [-0.2, 0) is 6.54 Å². The predicted octanol–water partition coefficient (Wildman–Crippen LogP) is 5.06. The molecule has 0 spiro atoms. The number of halogens is 1. The number of rotatable bonds is 8. The highest BCUT2D eigenvalue weighted by Gasteiger charge is 2.25. The van der Waals surface area contributed by atoms with E-state index in [0.29, 0.717) is 12.5 Å². The molecule has 1 aliphatic heterocycles. The van der Waals surface area contributed by atoms with Crippen molar-refractivity contribution < 1.29 is 9.50 Å². The number of fused-ring (bicyclic) bond motifs is 1. The Bertz CT molecular complexity index is 1200. The van der Waals surface area contributed by atoms with Gasteiger partial charge in [0.2, 0.25) is 5.95 Å². The van der Waals surface area contributed by atoms with Gasteiger partial charge in [-0.2, -0.15) is 4.98 Å². The van der Waals surface area contributed by atoms with Gasteiger partial charge in [-0.05, 0) is 57.7 Å². The number of piperazine rings is 1. The van der Waals surface area contributed by atoms with Crippen molar-refractivity contribution in [3.8, 4) is 11.1 Å². The molecule has 1 aromatic carbocycles. The molecule has 200 valence electrons. The SMILES string of the molecule is CCC[C@H](C)Nc1ncc2c(-c3ccc(CN4CCN(C)CC4)c(F)c3)cn(C3CCC(O)CC3)c2n1. The van der Waals surface area contributed by atoms with Crippen LogP contribution >= 0.6 is 0 Å². The average Bonchev–Trinajstić information content (AvgIpc) is 3.26. The summed E-state index contributed by atoms with van der Waals surface area (Å²) in [6.07, 6.45) is 9.31. The van der Waals surface area contributed by atoms with Crippen molar-refractivity contribution >= 4 is 17.0 Å². The second-order valence-electron chi connectivity index (χ2n) is 11.1. The topological polar surface area (TPSA) is 69.5 Å². The number of benzene rings is 1. The molecule has 0 radical (unpaired) electrons. The van der Waals surface area contributed by atoms with Crippen LogP contribution in [0.15, 0.2) is 30.6 Å². The van der Waals surface area contributed by atoms with E-state index in [1.807, 2.05) is 18.3 Å². The molecule has 0 unspecified atom stereocenters. The minimum atomic E-state index is -0.221. The van der Waals surface area contributed by atoms with Crippen LogP contribution in [-0.4, -0.2) is 74.8 Å². The molecule has 8 heteroatoms. The lowest BCUT2D eigenvalue weighted by atomic mass is 9.93. The fourth-order valence-corrected chi connectivity index (χ4v) is 5.76. The lowest BCUT2D eigenvalue weighted by Gasteiger charge is -2.32. The van der Waals surface area contributed by atoms with Crippen LogP contribution in [0.5, 0.6) is 0 Å². The van der Waals surface area contributed by atoms with Crippen molar-refractivity contribution in [1.29, 1.82) is 0 Å². The quantitative estimate of drug-likeness (QED) is 0.443. The number of nitrogens with one attached hydrogen (secondary N) is 1. The molecular formula is C29H41FN6O. The number of aromatic nitrogens is 3. The Kier molecular flexibility index (Phi) is 8.07. The number of aliphatic hydroxyl groups excluding tert-OH is 1. The third-order valence-corrected chi connectivity index (χ3v) is 8.08. The summed E-state index contributed by atoms with van der Waals surface area (Å²) in [5.41, 5.74) is 3.42. The average molecular weight is 509 g/mol. The van der Waals surface area contributed by atoms with Crippen molar-refractivity contribution in [2.45, 2.75) is 77.1 Å². The summed E-state index contributed by atoms with van der Waals surface area (Å²) in [6, 6.07) is 6.19. The third-order valence-electron chi connectivity index (χ3n) is 8.08. The van der Waals surface area contributed by atoms with Gasteiger partial charge in [-0.3, -0.25) is 4.90 Å². The van der Waals surface area contributed by atoms with E-state index in [-0.39, 0.29) is 24.0 Å². The lowest BCUT2D eigenvalue weighted by molar-refractivity contribution is 0.111. The molecule has 1 aliphatic carbocycles. The van der Waals surface area contributed by atoms with Gasteiger partial charge in [-0.1, -0.05) is 25.5 Å². The molecule has 37 heavy (non-hydrogen) atoms. The van der Waals surface area contributed by atoms with Crippen LogP contribution in [0.4, 0.5) is 10.3 Å². The zero-order valence-corrected chi connectivity index (χ0v) is 22.5. The van der Waals surface area contributed by atoms with Gasteiger partial charge in [-0.25, -0.2) is 9.37 Å². The van der Waals surface area contributed by atoms with Gasteiger partial charge < -0.3 is 19.9 Å². The first-order valence-electron chi connectivity index (χ1n) is 13.9. The summed E-state index contributed by atoms with van der Waals surface area (Å²) in [6.45, 7) is 8.93. The maximum Gasteiger partial charge on any atom is 0.224 e. The predicted molar refractivity (Wildman–Crippen MR) is 147 cm³/mol. The summed E-state index contributed by atoms with van der Waals surface area (Å²) in [5.74, 6) is 0.467. The van der Waals surface area contributed by atoms with Crippen LogP contribution in [0.1, 0.15) is 64.0 Å². The van der Waals surface area contributed by atoms with E-state index in [0.717, 1.165) is 92.4 Å². The monoisotopic (exact) mass is 508 g/mol. The molecule has 1 saturated carbocycles. The fourth-order valence-electron chi connectivity index (χ4n) is 5.76. The maximum atomic E-state index is 15.3. The van der Waals surface area contributed by atoms with E-state index in [1.54, 1.807) is 6.07 Å².